The summed E-state index contributed by atoms with van der Waals surface area (Å²) in [4.78, 5) is 22.8. The summed E-state index contributed by atoms with van der Waals surface area (Å²) in [5.41, 5.74) is 5.88. The highest BCUT2D eigenvalue weighted by molar-refractivity contribution is 7.15. The van der Waals surface area contributed by atoms with Crippen molar-refractivity contribution in [3.8, 4) is 10.6 Å². The summed E-state index contributed by atoms with van der Waals surface area (Å²) >= 11 is 1.81. The van der Waals surface area contributed by atoms with Crippen molar-refractivity contribution < 1.29 is 0 Å². The minimum Gasteiger partial charge on any atom is -0.293 e. The SMILES string of the molecule is Cc1nc(-c2ccccc2)sc1CN1CCc2nc(C3=NCCCC3)ncc2C1. The van der Waals surface area contributed by atoms with E-state index in [2.05, 4.69) is 46.1 Å². The molecule has 0 spiro atoms. The standard InChI is InChI=1S/C23H25N5S/c1-16-21(29-23(26-16)17-7-3-2-4-8-17)15-28-12-10-19-18(14-28)13-25-22(27-19)20-9-5-6-11-24-20/h2-4,7-8,13H,5-6,9-12,14-15H2,1H3. The molecule has 3 aromatic rings. The lowest BCUT2D eigenvalue weighted by Gasteiger charge is -2.27. The van der Waals surface area contributed by atoms with E-state index in [1.54, 1.807) is 0 Å². The molecule has 148 valence electrons. The van der Waals surface area contributed by atoms with Crippen LogP contribution in [-0.2, 0) is 19.5 Å². The van der Waals surface area contributed by atoms with E-state index in [1.807, 2.05) is 23.6 Å². The molecule has 0 N–H and O–H groups in total. The van der Waals surface area contributed by atoms with Gasteiger partial charge in [-0.3, -0.25) is 9.89 Å². The van der Waals surface area contributed by atoms with Crippen LogP contribution in [0.3, 0.4) is 0 Å². The van der Waals surface area contributed by atoms with E-state index in [-0.39, 0.29) is 0 Å². The number of thiazole rings is 1. The average Bonchev–Trinajstić information content (AvgIpc) is 3.15. The summed E-state index contributed by atoms with van der Waals surface area (Å²) in [6, 6.07) is 10.4. The third-order valence-electron chi connectivity index (χ3n) is 5.68. The number of aromatic nitrogens is 3. The lowest BCUT2D eigenvalue weighted by atomic mass is 10.1. The molecule has 4 heterocycles. The lowest BCUT2D eigenvalue weighted by molar-refractivity contribution is 0.244. The molecule has 5 nitrogen and oxygen atoms in total. The van der Waals surface area contributed by atoms with Gasteiger partial charge in [-0.1, -0.05) is 30.3 Å². The highest BCUT2D eigenvalue weighted by Gasteiger charge is 2.22. The Balaban J connectivity index is 1.30. The fourth-order valence-electron chi connectivity index (χ4n) is 4.01. The zero-order chi connectivity index (χ0) is 19.6. The monoisotopic (exact) mass is 403 g/mol. The Bertz CT molecular complexity index is 1040. The van der Waals surface area contributed by atoms with Gasteiger partial charge in [-0.05, 0) is 26.2 Å². The van der Waals surface area contributed by atoms with Crippen molar-refractivity contribution in [1.29, 1.82) is 0 Å². The van der Waals surface area contributed by atoms with Crippen LogP contribution in [0.1, 0.15) is 46.9 Å². The number of fused-ring (bicyclic) bond motifs is 1. The van der Waals surface area contributed by atoms with Gasteiger partial charge in [-0.25, -0.2) is 15.0 Å². The second kappa shape index (κ2) is 8.13. The van der Waals surface area contributed by atoms with E-state index in [9.17, 15) is 0 Å². The number of aliphatic imine (C=N–C) groups is 1. The molecule has 0 radical (unpaired) electrons. The molecule has 0 saturated carbocycles. The van der Waals surface area contributed by atoms with Crippen LogP contribution in [0.15, 0.2) is 41.5 Å². The van der Waals surface area contributed by atoms with E-state index in [0.29, 0.717) is 0 Å². The lowest BCUT2D eigenvalue weighted by Crippen LogP contribution is -2.31. The molecule has 29 heavy (non-hydrogen) atoms. The van der Waals surface area contributed by atoms with Crippen molar-refractivity contribution >= 4 is 17.0 Å². The largest absolute Gasteiger partial charge is 0.293 e. The minimum atomic E-state index is 0.850. The molecule has 0 aliphatic carbocycles. The number of nitrogens with zero attached hydrogens (tertiary/aromatic N) is 5. The van der Waals surface area contributed by atoms with Gasteiger partial charge < -0.3 is 0 Å². The van der Waals surface area contributed by atoms with Crippen molar-refractivity contribution in [3.05, 3.63) is 64.2 Å². The second-order valence-corrected chi connectivity index (χ2v) is 8.89. The molecule has 0 amide bonds. The molecule has 1 aromatic carbocycles. The van der Waals surface area contributed by atoms with Gasteiger partial charge >= 0.3 is 0 Å². The molecule has 2 aliphatic rings. The Kier molecular flexibility index (Phi) is 5.21. The van der Waals surface area contributed by atoms with E-state index < -0.39 is 0 Å². The van der Waals surface area contributed by atoms with Crippen LogP contribution < -0.4 is 0 Å². The molecule has 2 aromatic heterocycles. The summed E-state index contributed by atoms with van der Waals surface area (Å²) in [5.74, 6) is 0.850. The van der Waals surface area contributed by atoms with Gasteiger partial charge in [0.1, 0.15) is 5.01 Å². The van der Waals surface area contributed by atoms with Crippen LogP contribution in [0.4, 0.5) is 0 Å². The zero-order valence-corrected chi connectivity index (χ0v) is 17.6. The van der Waals surface area contributed by atoms with Gasteiger partial charge in [0.15, 0.2) is 5.82 Å². The fourth-order valence-corrected chi connectivity index (χ4v) is 5.12. The molecule has 2 aliphatic heterocycles. The average molecular weight is 404 g/mol. The van der Waals surface area contributed by atoms with Crippen LogP contribution in [0.2, 0.25) is 0 Å². The van der Waals surface area contributed by atoms with Gasteiger partial charge in [0.2, 0.25) is 0 Å². The van der Waals surface area contributed by atoms with Crippen LogP contribution in [0.25, 0.3) is 10.6 Å². The van der Waals surface area contributed by atoms with Crippen molar-refractivity contribution in [3.63, 3.8) is 0 Å². The van der Waals surface area contributed by atoms with Gasteiger partial charge in [-0.15, -0.1) is 11.3 Å². The Labute approximate surface area is 175 Å². The third-order valence-corrected chi connectivity index (χ3v) is 6.87. The first-order valence-corrected chi connectivity index (χ1v) is 11.2. The van der Waals surface area contributed by atoms with Crippen LogP contribution >= 0.6 is 11.3 Å². The molecule has 0 bridgehead atoms. The normalized spacial score (nSPS) is 17.1. The number of benzene rings is 1. The molecular formula is C23H25N5S. The molecule has 0 unspecified atom stereocenters. The smallest absolute Gasteiger partial charge is 0.173 e. The summed E-state index contributed by atoms with van der Waals surface area (Å²) in [5, 5.41) is 1.11. The number of hydrogen-bond donors (Lipinski definition) is 0. The Hall–Kier alpha value is -2.44. The summed E-state index contributed by atoms with van der Waals surface area (Å²) < 4.78 is 0. The van der Waals surface area contributed by atoms with E-state index in [0.717, 1.165) is 61.3 Å². The number of hydrogen-bond acceptors (Lipinski definition) is 6. The van der Waals surface area contributed by atoms with Crippen LogP contribution in [0, 0.1) is 6.92 Å². The topological polar surface area (TPSA) is 54.3 Å². The van der Waals surface area contributed by atoms with Gasteiger partial charge in [0.05, 0.1) is 17.1 Å². The van der Waals surface area contributed by atoms with Crippen molar-refractivity contribution in [1.82, 2.24) is 19.9 Å². The first-order valence-electron chi connectivity index (χ1n) is 10.4. The Morgan fingerprint density at radius 2 is 1.97 bits per heavy atom. The van der Waals surface area contributed by atoms with Crippen LogP contribution in [-0.4, -0.2) is 38.7 Å². The minimum absolute atomic E-state index is 0.850. The number of aryl methyl sites for hydroxylation is 1. The van der Waals surface area contributed by atoms with Crippen molar-refractivity contribution in [2.45, 2.75) is 45.7 Å². The fraction of sp³-hybridized carbons (Fsp3) is 0.391. The van der Waals surface area contributed by atoms with Gasteiger partial charge in [0.25, 0.3) is 0 Å². The highest BCUT2D eigenvalue weighted by Crippen LogP contribution is 2.30. The molecule has 0 saturated heterocycles. The first-order chi connectivity index (χ1) is 14.3. The third kappa shape index (κ3) is 4.00. The maximum absolute atomic E-state index is 4.86. The number of rotatable bonds is 4. The maximum atomic E-state index is 4.86. The quantitative estimate of drug-likeness (QED) is 0.646. The van der Waals surface area contributed by atoms with E-state index in [1.165, 1.54) is 34.5 Å². The van der Waals surface area contributed by atoms with Crippen molar-refractivity contribution in [2.75, 3.05) is 13.1 Å². The van der Waals surface area contributed by atoms with Gasteiger partial charge in [0, 0.05) is 54.8 Å². The summed E-state index contributed by atoms with van der Waals surface area (Å²) in [6.45, 7) is 5.90. The molecular weight excluding hydrogens is 378 g/mol. The maximum Gasteiger partial charge on any atom is 0.173 e. The first kappa shape index (κ1) is 18.6. The predicted molar refractivity (Wildman–Crippen MR) is 117 cm³/mol. The Morgan fingerprint density at radius 3 is 2.79 bits per heavy atom. The molecule has 0 fully saturated rings. The molecule has 5 rings (SSSR count). The van der Waals surface area contributed by atoms with E-state index >= 15 is 0 Å². The Morgan fingerprint density at radius 1 is 1.07 bits per heavy atom. The zero-order valence-electron chi connectivity index (χ0n) is 16.8. The second-order valence-electron chi connectivity index (χ2n) is 7.81. The van der Waals surface area contributed by atoms with Crippen LogP contribution in [0.5, 0.6) is 0 Å². The predicted octanol–water partition coefficient (Wildman–Crippen LogP) is 4.44. The van der Waals surface area contributed by atoms with E-state index in [4.69, 9.17) is 9.97 Å². The highest BCUT2D eigenvalue weighted by atomic mass is 32.1. The summed E-state index contributed by atoms with van der Waals surface area (Å²) in [6.07, 6.45) is 6.40. The van der Waals surface area contributed by atoms with Crippen molar-refractivity contribution in [2.24, 2.45) is 4.99 Å². The summed E-state index contributed by atoms with van der Waals surface area (Å²) in [7, 11) is 0. The van der Waals surface area contributed by atoms with Gasteiger partial charge in [-0.2, -0.15) is 0 Å². The molecule has 0 atom stereocenters. The molecule has 6 heteroatoms.